The molecule has 0 aliphatic heterocycles. The summed E-state index contributed by atoms with van der Waals surface area (Å²) < 4.78 is 11.7. The van der Waals surface area contributed by atoms with Crippen molar-refractivity contribution in [3.8, 4) is 0 Å². The van der Waals surface area contributed by atoms with Crippen molar-refractivity contribution in [3.63, 3.8) is 0 Å². The van der Waals surface area contributed by atoms with E-state index in [0.717, 1.165) is 22.8 Å². The molecule has 1 unspecified atom stereocenters. The molecule has 0 rings (SSSR count). The maximum absolute atomic E-state index is 5.89. The van der Waals surface area contributed by atoms with Crippen LogP contribution in [0.25, 0.3) is 0 Å². The van der Waals surface area contributed by atoms with Crippen molar-refractivity contribution in [2.45, 2.75) is 32.1 Å². The van der Waals surface area contributed by atoms with E-state index in [-0.39, 0.29) is 9.28 Å². The van der Waals surface area contributed by atoms with Crippen LogP contribution in [0.1, 0.15) is 6.42 Å². The lowest BCUT2D eigenvalue weighted by molar-refractivity contribution is 0.585. The highest BCUT2D eigenvalue weighted by Crippen LogP contribution is 2.12. The zero-order valence-electron chi connectivity index (χ0n) is 9.10. The molecule has 0 aliphatic rings. The van der Waals surface area contributed by atoms with Crippen molar-refractivity contribution in [2.24, 2.45) is 0 Å². The average Bonchev–Trinajstić information content (AvgIpc) is 2.11. The zero-order chi connectivity index (χ0) is 10.3. The molecule has 0 saturated heterocycles. The molecule has 0 aromatic carbocycles. The molecule has 0 saturated carbocycles. The predicted molar refractivity (Wildman–Crippen MR) is 71.3 cm³/mol. The van der Waals surface area contributed by atoms with E-state index in [1.807, 2.05) is 0 Å². The molecule has 0 bridgehead atoms. The summed E-state index contributed by atoms with van der Waals surface area (Å²) in [5.74, 6) is 0.765. The van der Waals surface area contributed by atoms with E-state index in [1.54, 1.807) is 0 Å². The van der Waals surface area contributed by atoms with E-state index in [4.69, 9.17) is 19.8 Å². The smallest absolute Gasteiger partial charge is 0.186 e. The molecule has 0 aromatic rings. The van der Waals surface area contributed by atoms with Gasteiger partial charge in [-0.2, -0.15) is 0 Å². The Morgan fingerprint density at radius 3 is 2.54 bits per heavy atom. The Morgan fingerprint density at radius 1 is 1.54 bits per heavy atom. The van der Waals surface area contributed by atoms with Crippen molar-refractivity contribution < 1.29 is 8.23 Å². The van der Waals surface area contributed by atoms with Crippen LogP contribution in [0.2, 0.25) is 25.7 Å². The second-order valence-corrected chi connectivity index (χ2v) is 18.3. The van der Waals surface area contributed by atoms with Crippen molar-refractivity contribution in [2.75, 3.05) is 5.88 Å². The Hall–Kier alpha value is 1.08. The van der Waals surface area contributed by atoms with E-state index in [2.05, 4.69) is 19.6 Å². The van der Waals surface area contributed by atoms with Gasteiger partial charge in [0.05, 0.1) is 0 Å². The summed E-state index contributed by atoms with van der Waals surface area (Å²) in [4.78, 5) is 0. The van der Waals surface area contributed by atoms with E-state index in [0.29, 0.717) is 0 Å². The molecule has 0 spiro atoms. The molecule has 13 heavy (non-hydrogen) atoms. The van der Waals surface area contributed by atoms with Crippen LogP contribution in [0.5, 0.6) is 0 Å². The topological polar surface area (TPSA) is 18.5 Å². The first-order valence-electron chi connectivity index (χ1n) is 4.77. The van der Waals surface area contributed by atoms with E-state index in [1.165, 1.54) is 6.04 Å². The molecule has 0 aliphatic carbocycles. The Labute approximate surface area is 94.5 Å². The molecule has 0 N–H and O–H groups in total. The summed E-state index contributed by atoms with van der Waals surface area (Å²) in [7, 11) is -1.72. The molecule has 80 valence electrons. The minimum absolute atomic E-state index is 0.384. The van der Waals surface area contributed by atoms with Gasteiger partial charge < -0.3 is 8.23 Å². The van der Waals surface area contributed by atoms with E-state index in [9.17, 15) is 0 Å². The van der Waals surface area contributed by atoms with Crippen molar-refractivity contribution in [1.82, 2.24) is 0 Å². The minimum Gasteiger partial charge on any atom is -0.464 e. The SMILES string of the molecule is C[SiH](C)O[SiH2][Si](C)(CCCCl)O[SiH3]. The molecule has 0 heterocycles. The van der Waals surface area contributed by atoms with Gasteiger partial charge in [-0.3, -0.25) is 0 Å². The molecule has 0 aromatic heterocycles. The van der Waals surface area contributed by atoms with E-state index < -0.39 is 16.9 Å². The standard InChI is InChI=1S/C6H21ClO2Si4/c1-12(2)9-11-13(3,8-10)6-4-5-7/h12H,4-6,11H2,1-3,10H3. The van der Waals surface area contributed by atoms with Crippen LogP contribution in [0, 0.1) is 0 Å². The highest BCUT2D eigenvalue weighted by atomic mass is 35.5. The summed E-state index contributed by atoms with van der Waals surface area (Å²) in [6, 6.07) is 1.20. The molecule has 2 nitrogen and oxygen atoms in total. The molecule has 0 fully saturated rings. The number of hydrogen-bond acceptors (Lipinski definition) is 2. The largest absolute Gasteiger partial charge is 0.464 e. The van der Waals surface area contributed by atoms with Crippen molar-refractivity contribution >= 4 is 48.2 Å². The van der Waals surface area contributed by atoms with Crippen LogP contribution >= 0.6 is 11.6 Å². The highest BCUT2D eigenvalue weighted by Gasteiger charge is 2.27. The maximum Gasteiger partial charge on any atom is 0.186 e. The molecule has 0 radical (unpaired) electrons. The van der Waals surface area contributed by atoms with Crippen molar-refractivity contribution in [1.29, 1.82) is 0 Å². The summed E-state index contributed by atoms with van der Waals surface area (Å²) in [5.41, 5.74) is 0. The fourth-order valence-corrected chi connectivity index (χ4v) is 14.9. The van der Waals surface area contributed by atoms with Gasteiger partial charge in [-0.25, -0.2) is 0 Å². The van der Waals surface area contributed by atoms with Gasteiger partial charge in [0, 0.05) is 5.88 Å². The Bertz CT molecular complexity index is 138. The Balaban J connectivity index is 3.81. The van der Waals surface area contributed by atoms with Gasteiger partial charge in [0.25, 0.3) is 0 Å². The van der Waals surface area contributed by atoms with Gasteiger partial charge in [-0.1, -0.05) is 0 Å². The lowest BCUT2D eigenvalue weighted by atomic mass is 10.6. The normalized spacial score (nSPS) is 17.3. The van der Waals surface area contributed by atoms with Crippen LogP contribution in [0.3, 0.4) is 0 Å². The summed E-state index contributed by atoms with van der Waals surface area (Å²) in [6.07, 6.45) is 1.10. The first-order chi connectivity index (χ1) is 6.04. The fraction of sp³-hybridized carbons (Fsp3) is 1.00. The van der Waals surface area contributed by atoms with Gasteiger partial charge in [0.15, 0.2) is 26.2 Å². The Morgan fingerprint density at radius 2 is 2.15 bits per heavy atom. The van der Waals surface area contributed by atoms with Crippen LogP contribution < -0.4 is 0 Å². The second kappa shape index (κ2) is 7.38. The predicted octanol–water partition coefficient (Wildman–Crippen LogP) is 0.0681. The van der Waals surface area contributed by atoms with Gasteiger partial charge in [-0.05, 0) is 32.1 Å². The van der Waals surface area contributed by atoms with Gasteiger partial charge in [0.1, 0.15) is 10.5 Å². The first-order valence-corrected chi connectivity index (χ1v) is 14.4. The number of alkyl halides is 1. The lowest BCUT2D eigenvalue weighted by Crippen LogP contribution is -2.44. The summed E-state index contributed by atoms with van der Waals surface area (Å²) >= 11 is 5.69. The first kappa shape index (κ1) is 14.1. The number of hydrogen-bond donors (Lipinski definition) is 0. The monoisotopic (exact) mass is 272 g/mol. The van der Waals surface area contributed by atoms with Gasteiger partial charge in [-0.15, -0.1) is 11.6 Å². The molecular weight excluding hydrogens is 252 g/mol. The summed E-state index contributed by atoms with van der Waals surface area (Å²) in [5, 5.41) is 0. The van der Waals surface area contributed by atoms with Gasteiger partial charge in [0.2, 0.25) is 0 Å². The van der Waals surface area contributed by atoms with Crippen LogP contribution in [-0.4, -0.2) is 42.5 Å². The number of halogens is 1. The zero-order valence-corrected chi connectivity index (χ0v) is 15.4. The van der Waals surface area contributed by atoms with Crippen LogP contribution in [0.4, 0.5) is 0 Å². The fourth-order valence-electron chi connectivity index (χ4n) is 1.02. The Kier molecular flexibility index (Phi) is 7.99. The average molecular weight is 273 g/mol. The molecule has 0 amide bonds. The molecule has 1 atom stereocenters. The third-order valence-corrected chi connectivity index (χ3v) is 18.6. The highest BCUT2D eigenvalue weighted by molar-refractivity contribution is 7.20. The number of rotatable bonds is 7. The molecular formula is C6H21ClO2Si4. The van der Waals surface area contributed by atoms with E-state index >= 15 is 0 Å². The second-order valence-electron chi connectivity index (χ2n) is 3.81. The lowest BCUT2D eigenvalue weighted by Gasteiger charge is -2.26. The minimum atomic E-state index is -1.38. The third-order valence-electron chi connectivity index (χ3n) is 2.05. The van der Waals surface area contributed by atoms with Crippen molar-refractivity contribution in [3.05, 3.63) is 0 Å². The molecule has 7 heteroatoms. The summed E-state index contributed by atoms with van der Waals surface area (Å²) in [6.45, 7) is 6.78. The maximum atomic E-state index is 5.89. The van der Waals surface area contributed by atoms with Crippen LogP contribution in [-0.2, 0) is 8.23 Å². The van der Waals surface area contributed by atoms with Crippen LogP contribution in [0.15, 0.2) is 0 Å². The third kappa shape index (κ3) is 7.06. The van der Waals surface area contributed by atoms with Gasteiger partial charge >= 0.3 is 0 Å². The quantitative estimate of drug-likeness (QED) is 0.482.